The fourth-order valence-corrected chi connectivity index (χ4v) is 2.10. The second kappa shape index (κ2) is 5.27. The number of hydrogen-bond acceptors (Lipinski definition) is 4. The molecule has 1 atom stereocenters. The van der Waals surface area contributed by atoms with Gasteiger partial charge in [-0.05, 0) is 25.0 Å². The molecule has 2 rings (SSSR count). The van der Waals surface area contributed by atoms with E-state index in [2.05, 4.69) is 14.6 Å². The van der Waals surface area contributed by atoms with Crippen LogP contribution in [0.2, 0.25) is 0 Å². The van der Waals surface area contributed by atoms with Crippen LogP contribution in [-0.2, 0) is 0 Å². The largest absolute Gasteiger partial charge is 0.433 e. The molecule has 1 fully saturated rings. The highest BCUT2D eigenvalue weighted by Gasteiger charge is 2.24. The molecule has 1 aliphatic heterocycles. The first-order valence-electron chi connectivity index (χ1n) is 5.58. The lowest BCUT2D eigenvalue weighted by molar-refractivity contribution is -0.0500. The van der Waals surface area contributed by atoms with Crippen molar-refractivity contribution in [3.8, 4) is 5.75 Å². The average molecular weight is 243 g/mol. The highest BCUT2D eigenvalue weighted by molar-refractivity contribution is 5.43. The molecule has 1 aliphatic rings. The molecule has 0 bridgehead atoms. The van der Waals surface area contributed by atoms with Gasteiger partial charge in [-0.3, -0.25) is 0 Å². The summed E-state index contributed by atoms with van der Waals surface area (Å²) < 4.78 is 28.2. The maximum Gasteiger partial charge on any atom is 0.387 e. The van der Waals surface area contributed by atoms with Crippen LogP contribution < -0.4 is 15.4 Å². The van der Waals surface area contributed by atoms with Crippen LogP contribution >= 0.6 is 0 Å². The van der Waals surface area contributed by atoms with Crippen molar-refractivity contribution in [2.24, 2.45) is 5.73 Å². The molecular weight excluding hydrogens is 228 g/mol. The van der Waals surface area contributed by atoms with Crippen molar-refractivity contribution in [3.63, 3.8) is 0 Å². The van der Waals surface area contributed by atoms with Gasteiger partial charge in [0.15, 0.2) is 0 Å². The van der Waals surface area contributed by atoms with Gasteiger partial charge in [0.05, 0.1) is 6.20 Å². The van der Waals surface area contributed by atoms with Crippen molar-refractivity contribution in [1.29, 1.82) is 0 Å². The van der Waals surface area contributed by atoms with Gasteiger partial charge in [0.25, 0.3) is 0 Å². The summed E-state index contributed by atoms with van der Waals surface area (Å²) in [5.41, 5.74) is 5.66. The van der Waals surface area contributed by atoms with Crippen molar-refractivity contribution in [1.82, 2.24) is 4.98 Å². The fraction of sp³-hybridized carbons (Fsp3) is 0.545. The molecule has 94 valence electrons. The number of aromatic nitrogens is 1. The van der Waals surface area contributed by atoms with E-state index in [-0.39, 0.29) is 5.75 Å². The zero-order chi connectivity index (χ0) is 12.3. The van der Waals surface area contributed by atoms with Crippen LogP contribution in [-0.4, -0.2) is 30.7 Å². The summed E-state index contributed by atoms with van der Waals surface area (Å²) in [4.78, 5) is 6.23. The number of rotatable bonds is 4. The Bertz CT molecular complexity index is 358. The molecule has 17 heavy (non-hydrogen) atoms. The number of nitrogens with two attached hydrogens (primary N) is 1. The van der Waals surface area contributed by atoms with E-state index in [9.17, 15) is 8.78 Å². The minimum atomic E-state index is -2.81. The van der Waals surface area contributed by atoms with Crippen molar-refractivity contribution in [2.75, 3.05) is 18.0 Å². The predicted octanol–water partition coefficient (Wildman–Crippen LogP) is 1.61. The van der Waals surface area contributed by atoms with E-state index >= 15 is 0 Å². The summed E-state index contributed by atoms with van der Waals surface area (Å²) >= 11 is 0. The van der Waals surface area contributed by atoms with E-state index in [1.807, 2.05) is 0 Å². The second-order valence-electron chi connectivity index (χ2n) is 3.96. The average Bonchev–Trinajstić information content (AvgIpc) is 2.77. The molecule has 0 radical (unpaired) electrons. The Labute approximate surface area is 98.4 Å². The number of hydrogen-bond donors (Lipinski definition) is 1. The van der Waals surface area contributed by atoms with E-state index in [1.54, 1.807) is 6.07 Å². The Morgan fingerprint density at radius 1 is 1.53 bits per heavy atom. The molecule has 6 heteroatoms. The number of ether oxygens (including phenoxy) is 1. The fourth-order valence-electron chi connectivity index (χ4n) is 2.10. The molecule has 2 heterocycles. The smallest absolute Gasteiger partial charge is 0.387 e. The first-order valence-corrected chi connectivity index (χ1v) is 5.58. The Balaban J connectivity index is 2.07. The van der Waals surface area contributed by atoms with Crippen molar-refractivity contribution in [3.05, 3.63) is 18.3 Å². The number of nitrogens with zero attached hydrogens (tertiary/aromatic N) is 2. The summed E-state index contributed by atoms with van der Waals surface area (Å²) in [5.74, 6) is 0.840. The molecule has 0 saturated carbocycles. The van der Waals surface area contributed by atoms with E-state index in [0.717, 1.165) is 25.2 Å². The lowest BCUT2D eigenvalue weighted by Crippen LogP contribution is -2.35. The Morgan fingerprint density at radius 3 is 2.94 bits per heavy atom. The Hall–Kier alpha value is -1.43. The maximum absolute atomic E-state index is 12.0. The van der Waals surface area contributed by atoms with Crippen LogP contribution in [0.1, 0.15) is 12.8 Å². The highest BCUT2D eigenvalue weighted by Crippen LogP contribution is 2.24. The Kier molecular flexibility index (Phi) is 3.73. The van der Waals surface area contributed by atoms with Gasteiger partial charge in [-0.25, -0.2) is 4.98 Å². The number of anilines is 1. The first kappa shape index (κ1) is 12.0. The monoisotopic (exact) mass is 243 g/mol. The number of halogens is 2. The number of alkyl halides is 2. The molecular formula is C11H15F2N3O. The molecule has 2 N–H and O–H groups in total. The van der Waals surface area contributed by atoms with E-state index < -0.39 is 6.61 Å². The van der Waals surface area contributed by atoms with E-state index in [4.69, 9.17) is 5.73 Å². The molecule has 4 nitrogen and oxygen atoms in total. The summed E-state index contributed by atoms with van der Waals surface area (Å²) in [6.45, 7) is -1.33. The highest BCUT2D eigenvalue weighted by atomic mass is 19.3. The lowest BCUT2D eigenvalue weighted by atomic mass is 10.2. The third-order valence-corrected chi connectivity index (χ3v) is 2.89. The van der Waals surface area contributed by atoms with Gasteiger partial charge in [-0.2, -0.15) is 8.78 Å². The molecule has 1 aromatic rings. The molecule has 0 spiro atoms. The van der Waals surface area contributed by atoms with Crippen LogP contribution in [0.5, 0.6) is 5.75 Å². The standard InChI is InChI=1S/C11H15F2N3O/c12-11(13)17-9-3-4-10(15-7-9)16-5-1-2-8(16)6-14/h3-4,7-8,11H,1-2,5-6,14H2. The zero-order valence-corrected chi connectivity index (χ0v) is 9.35. The summed E-state index contributed by atoms with van der Waals surface area (Å²) in [6, 6.07) is 3.48. The van der Waals surface area contributed by atoms with Crippen molar-refractivity contribution >= 4 is 5.82 Å². The zero-order valence-electron chi connectivity index (χ0n) is 9.35. The first-order chi connectivity index (χ1) is 8.20. The molecule has 1 aromatic heterocycles. The van der Waals surface area contributed by atoms with Gasteiger partial charge in [0.1, 0.15) is 11.6 Å². The normalized spacial score (nSPS) is 20.0. The van der Waals surface area contributed by atoms with Gasteiger partial charge in [0, 0.05) is 19.1 Å². The third-order valence-electron chi connectivity index (χ3n) is 2.89. The minimum absolute atomic E-state index is 0.0762. The SMILES string of the molecule is NCC1CCCN1c1ccc(OC(F)F)cn1. The van der Waals surface area contributed by atoms with E-state index in [1.165, 1.54) is 12.3 Å². The van der Waals surface area contributed by atoms with Crippen LogP contribution in [0.4, 0.5) is 14.6 Å². The van der Waals surface area contributed by atoms with Gasteiger partial charge in [0.2, 0.25) is 0 Å². The minimum Gasteiger partial charge on any atom is -0.433 e. The predicted molar refractivity (Wildman–Crippen MR) is 60.3 cm³/mol. The van der Waals surface area contributed by atoms with Gasteiger partial charge < -0.3 is 15.4 Å². The van der Waals surface area contributed by atoms with Crippen LogP contribution in [0.3, 0.4) is 0 Å². The van der Waals surface area contributed by atoms with Crippen LogP contribution in [0, 0.1) is 0 Å². The quantitative estimate of drug-likeness (QED) is 0.872. The topological polar surface area (TPSA) is 51.4 Å². The van der Waals surface area contributed by atoms with E-state index in [0.29, 0.717) is 12.6 Å². The van der Waals surface area contributed by atoms with Crippen LogP contribution in [0.15, 0.2) is 18.3 Å². The molecule has 1 saturated heterocycles. The van der Waals surface area contributed by atoms with Gasteiger partial charge in [-0.15, -0.1) is 0 Å². The molecule has 0 aliphatic carbocycles. The summed E-state index contributed by atoms with van der Waals surface area (Å²) in [7, 11) is 0. The molecule has 0 amide bonds. The maximum atomic E-state index is 12.0. The Morgan fingerprint density at radius 2 is 2.35 bits per heavy atom. The lowest BCUT2D eigenvalue weighted by Gasteiger charge is -2.24. The second-order valence-corrected chi connectivity index (χ2v) is 3.96. The van der Waals surface area contributed by atoms with Gasteiger partial charge >= 0.3 is 6.61 Å². The number of pyridine rings is 1. The van der Waals surface area contributed by atoms with Crippen molar-refractivity contribution < 1.29 is 13.5 Å². The summed E-state index contributed by atoms with van der Waals surface area (Å²) in [6.07, 6.45) is 3.44. The van der Waals surface area contributed by atoms with Crippen molar-refractivity contribution in [2.45, 2.75) is 25.5 Å². The molecule has 0 aromatic carbocycles. The third kappa shape index (κ3) is 2.82. The summed E-state index contributed by atoms with van der Waals surface area (Å²) in [5, 5.41) is 0. The van der Waals surface area contributed by atoms with Gasteiger partial charge in [-0.1, -0.05) is 0 Å². The molecule has 1 unspecified atom stereocenters. The van der Waals surface area contributed by atoms with Crippen LogP contribution in [0.25, 0.3) is 0 Å².